The Morgan fingerprint density at radius 2 is 2.33 bits per heavy atom. The molecule has 2 heterocycles. The van der Waals surface area contributed by atoms with E-state index in [2.05, 4.69) is 15.3 Å². The molecule has 0 radical (unpaired) electrons. The molecule has 0 unspecified atom stereocenters. The van der Waals surface area contributed by atoms with Crippen molar-refractivity contribution in [2.75, 3.05) is 18.5 Å². The monoisotopic (exact) mass is 231 g/mol. The third kappa shape index (κ3) is 2.54. The average Bonchev–Trinajstić information content (AvgIpc) is 2.50. The van der Waals surface area contributed by atoms with Crippen LogP contribution in [0.4, 0.5) is 10.2 Å². The number of aromatic nitrogens is 2. The van der Waals surface area contributed by atoms with E-state index in [4.69, 9.17) is 16.3 Å². The van der Waals surface area contributed by atoms with Gasteiger partial charge in [0.1, 0.15) is 23.0 Å². The molecular formula is C9H11ClFN3O. The first kappa shape index (κ1) is 10.6. The Bertz CT molecular complexity index is 343. The van der Waals surface area contributed by atoms with Crippen LogP contribution in [-0.4, -0.2) is 35.4 Å². The van der Waals surface area contributed by atoms with Crippen molar-refractivity contribution in [1.29, 1.82) is 0 Å². The second-order valence-electron chi connectivity index (χ2n) is 3.43. The molecule has 82 valence electrons. The van der Waals surface area contributed by atoms with Gasteiger partial charge in [0.2, 0.25) is 0 Å². The fourth-order valence-electron chi connectivity index (χ4n) is 1.46. The summed E-state index contributed by atoms with van der Waals surface area (Å²) in [5.41, 5.74) is 0. The molecule has 1 aliphatic rings. The van der Waals surface area contributed by atoms with Crippen LogP contribution in [0, 0.1) is 6.92 Å². The zero-order valence-corrected chi connectivity index (χ0v) is 8.96. The van der Waals surface area contributed by atoms with Crippen molar-refractivity contribution >= 4 is 17.4 Å². The quantitative estimate of drug-likeness (QED) is 0.786. The number of halogens is 2. The lowest BCUT2D eigenvalue weighted by Gasteiger charge is -2.13. The number of hydrogen-bond acceptors (Lipinski definition) is 4. The number of rotatable bonds is 2. The van der Waals surface area contributed by atoms with Crippen LogP contribution in [0.3, 0.4) is 0 Å². The average molecular weight is 232 g/mol. The van der Waals surface area contributed by atoms with Gasteiger partial charge in [0.05, 0.1) is 19.3 Å². The molecule has 0 amide bonds. The lowest BCUT2D eigenvalue weighted by atomic mass is 10.2. The fraction of sp³-hybridized carbons (Fsp3) is 0.556. The van der Waals surface area contributed by atoms with Gasteiger partial charge in [0.25, 0.3) is 0 Å². The maximum Gasteiger partial charge on any atom is 0.146 e. The highest BCUT2D eigenvalue weighted by atomic mass is 35.5. The molecule has 6 heteroatoms. The smallest absolute Gasteiger partial charge is 0.146 e. The minimum absolute atomic E-state index is 0.134. The third-order valence-corrected chi connectivity index (χ3v) is 2.34. The van der Waals surface area contributed by atoms with Gasteiger partial charge in [-0.2, -0.15) is 0 Å². The molecule has 4 nitrogen and oxygen atoms in total. The molecule has 1 aromatic heterocycles. The van der Waals surface area contributed by atoms with Crippen LogP contribution in [0.2, 0.25) is 5.15 Å². The van der Waals surface area contributed by atoms with E-state index < -0.39 is 6.17 Å². The molecule has 0 spiro atoms. The van der Waals surface area contributed by atoms with Crippen molar-refractivity contribution in [2.24, 2.45) is 0 Å². The number of alkyl halides is 1. The van der Waals surface area contributed by atoms with Gasteiger partial charge in [-0.05, 0) is 6.92 Å². The Kier molecular flexibility index (Phi) is 3.02. The summed E-state index contributed by atoms with van der Waals surface area (Å²) in [6.45, 7) is 2.21. The second kappa shape index (κ2) is 4.28. The van der Waals surface area contributed by atoms with Crippen molar-refractivity contribution in [3.8, 4) is 0 Å². The maximum atomic E-state index is 13.2. The number of anilines is 1. The third-order valence-electron chi connectivity index (χ3n) is 2.15. The van der Waals surface area contributed by atoms with Crippen LogP contribution >= 0.6 is 11.6 Å². The highest BCUT2D eigenvalue weighted by Gasteiger charge is 2.28. The van der Waals surface area contributed by atoms with Gasteiger partial charge in [0, 0.05) is 6.07 Å². The maximum absolute atomic E-state index is 13.2. The molecule has 0 aliphatic carbocycles. The molecule has 0 aromatic carbocycles. The fourth-order valence-corrected chi connectivity index (χ4v) is 1.68. The summed E-state index contributed by atoms with van der Waals surface area (Å²) in [6.07, 6.45) is -1.00. The first-order valence-corrected chi connectivity index (χ1v) is 5.02. The van der Waals surface area contributed by atoms with Crippen LogP contribution < -0.4 is 5.32 Å². The van der Waals surface area contributed by atoms with Gasteiger partial charge in [0.15, 0.2) is 0 Å². The van der Waals surface area contributed by atoms with Crippen LogP contribution in [0.15, 0.2) is 6.07 Å². The number of hydrogen-bond donors (Lipinski definition) is 1. The second-order valence-corrected chi connectivity index (χ2v) is 3.81. The molecule has 1 aromatic rings. The highest BCUT2D eigenvalue weighted by molar-refractivity contribution is 6.29. The molecule has 1 fully saturated rings. The SMILES string of the molecule is Cc1nc(Cl)cc(N[C@@H]2COC[C@H]2F)n1. The van der Waals surface area contributed by atoms with Gasteiger partial charge in [-0.3, -0.25) is 0 Å². The van der Waals surface area contributed by atoms with Gasteiger partial charge in [-0.15, -0.1) is 0 Å². The molecular weight excluding hydrogens is 221 g/mol. The molecule has 2 atom stereocenters. The Morgan fingerprint density at radius 3 is 2.93 bits per heavy atom. The Hall–Kier alpha value is -0.940. The summed E-state index contributed by atoms with van der Waals surface area (Å²) < 4.78 is 18.2. The van der Waals surface area contributed by atoms with Gasteiger partial charge in [-0.25, -0.2) is 14.4 Å². The minimum Gasteiger partial charge on any atom is -0.376 e. The first-order chi connectivity index (χ1) is 7.15. The summed E-state index contributed by atoms with van der Waals surface area (Å²) in [5, 5.41) is 3.28. The zero-order chi connectivity index (χ0) is 10.8. The number of ether oxygens (including phenoxy) is 1. The summed E-state index contributed by atoms with van der Waals surface area (Å²) >= 11 is 5.76. The van der Waals surface area contributed by atoms with E-state index in [0.717, 1.165) is 0 Å². The van der Waals surface area contributed by atoms with E-state index in [-0.39, 0.29) is 12.6 Å². The summed E-state index contributed by atoms with van der Waals surface area (Å²) in [5.74, 6) is 1.09. The normalized spacial score (nSPS) is 25.5. The topological polar surface area (TPSA) is 47.0 Å². The minimum atomic E-state index is -1.00. The Morgan fingerprint density at radius 1 is 1.53 bits per heavy atom. The van der Waals surface area contributed by atoms with Gasteiger partial charge < -0.3 is 10.1 Å². The van der Waals surface area contributed by atoms with Crippen molar-refractivity contribution in [2.45, 2.75) is 19.1 Å². The van der Waals surface area contributed by atoms with Gasteiger partial charge >= 0.3 is 0 Å². The summed E-state index contributed by atoms with van der Waals surface area (Å²) in [6, 6.07) is 1.22. The van der Waals surface area contributed by atoms with Crippen molar-refractivity contribution in [3.63, 3.8) is 0 Å². The van der Waals surface area contributed by atoms with E-state index in [1.807, 2.05) is 0 Å². The predicted molar refractivity (Wildman–Crippen MR) is 54.9 cm³/mol. The molecule has 1 aliphatic heterocycles. The number of nitrogens with one attached hydrogen (secondary N) is 1. The summed E-state index contributed by atoms with van der Waals surface area (Å²) in [7, 11) is 0. The first-order valence-electron chi connectivity index (χ1n) is 4.64. The molecule has 1 saturated heterocycles. The standard InChI is InChI=1S/C9H11ClFN3O/c1-5-12-8(10)2-9(13-5)14-7-4-15-3-6(7)11/h2,6-7H,3-4H2,1H3,(H,12,13,14)/t6-,7-/m1/s1. The Balaban J connectivity index is 2.10. The predicted octanol–water partition coefficient (Wildman–Crippen LogP) is 1.59. The van der Waals surface area contributed by atoms with Crippen LogP contribution in [0.25, 0.3) is 0 Å². The van der Waals surface area contributed by atoms with Crippen LogP contribution in [0.5, 0.6) is 0 Å². The molecule has 1 N–H and O–H groups in total. The van der Waals surface area contributed by atoms with Gasteiger partial charge in [-0.1, -0.05) is 11.6 Å². The van der Waals surface area contributed by atoms with E-state index in [9.17, 15) is 4.39 Å². The van der Waals surface area contributed by atoms with Crippen molar-refractivity contribution < 1.29 is 9.13 Å². The largest absolute Gasteiger partial charge is 0.376 e. The summed E-state index contributed by atoms with van der Waals surface area (Å²) in [4.78, 5) is 8.02. The van der Waals surface area contributed by atoms with Crippen molar-refractivity contribution in [3.05, 3.63) is 17.0 Å². The molecule has 2 rings (SSSR count). The number of aryl methyl sites for hydroxylation is 1. The van der Waals surface area contributed by atoms with E-state index in [1.54, 1.807) is 13.0 Å². The lowest BCUT2D eigenvalue weighted by Crippen LogP contribution is -2.29. The highest BCUT2D eigenvalue weighted by Crippen LogP contribution is 2.17. The molecule has 15 heavy (non-hydrogen) atoms. The lowest BCUT2D eigenvalue weighted by molar-refractivity contribution is 0.173. The van der Waals surface area contributed by atoms with E-state index in [0.29, 0.717) is 23.4 Å². The van der Waals surface area contributed by atoms with Crippen molar-refractivity contribution in [1.82, 2.24) is 9.97 Å². The molecule has 0 bridgehead atoms. The van der Waals surface area contributed by atoms with E-state index >= 15 is 0 Å². The molecule has 0 saturated carbocycles. The van der Waals surface area contributed by atoms with Crippen LogP contribution in [0.1, 0.15) is 5.82 Å². The van der Waals surface area contributed by atoms with E-state index in [1.165, 1.54) is 0 Å². The Labute approximate surface area is 91.8 Å². The van der Waals surface area contributed by atoms with Crippen LogP contribution in [-0.2, 0) is 4.74 Å². The number of nitrogens with zero attached hydrogens (tertiary/aromatic N) is 2. The zero-order valence-electron chi connectivity index (χ0n) is 8.20.